The Morgan fingerprint density at radius 3 is 3.20 bits per heavy atom. The van der Waals surface area contributed by atoms with E-state index in [0.717, 1.165) is 25.0 Å². The molecule has 0 amide bonds. The molecule has 2 rings (SSSR count). The first-order valence-corrected chi connectivity index (χ1v) is 5.51. The van der Waals surface area contributed by atoms with E-state index in [4.69, 9.17) is 4.74 Å². The van der Waals surface area contributed by atoms with Gasteiger partial charge < -0.3 is 4.74 Å². The molecule has 3 nitrogen and oxygen atoms in total. The molecule has 0 aromatic carbocycles. The van der Waals surface area contributed by atoms with E-state index in [1.165, 1.54) is 5.57 Å². The number of carbonyl (C=O) groups excluding carboxylic acids is 1. The topological polar surface area (TPSA) is 29.5 Å². The first kappa shape index (κ1) is 10.4. The number of carbonyl (C=O) groups is 1. The molecule has 0 N–H and O–H groups in total. The van der Waals surface area contributed by atoms with Crippen molar-refractivity contribution in [3.05, 3.63) is 23.3 Å². The van der Waals surface area contributed by atoms with Gasteiger partial charge in [-0.25, -0.2) is 4.79 Å². The first-order valence-electron chi connectivity index (χ1n) is 5.51. The largest absolute Gasteiger partial charge is 0.463 e. The molecule has 1 aliphatic carbocycles. The Kier molecular flexibility index (Phi) is 2.91. The highest BCUT2D eigenvalue weighted by atomic mass is 16.5. The van der Waals surface area contributed by atoms with Crippen LogP contribution in [-0.2, 0) is 9.53 Å². The zero-order valence-electron chi connectivity index (χ0n) is 9.32. The first-order chi connectivity index (χ1) is 7.24. The van der Waals surface area contributed by atoms with Crippen LogP contribution in [0.2, 0.25) is 0 Å². The number of fused-ring (bicyclic) bond motifs is 1. The molecule has 82 valence electrons. The Morgan fingerprint density at radius 2 is 2.47 bits per heavy atom. The lowest BCUT2D eigenvalue weighted by atomic mass is 9.95. The number of rotatable bonds is 2. The molecule has 15 heavy (non-hydrogen) atoms. The Balaban J connectivity index is 2.25. The van der Waals surface area contributed by atoms with Gasteiger partial charge in [0.15, 0.2) is 0 Å². The second-order valence-corrected chi connectivity index (χ2v) is 4.06. The summed E-state index contributed by atoms with van der Waals surface area (Å²) in [6, 6.07) is 0.425. The van der Waals surface area contributed by atoms with Crippen LogP contribution in [0.1, 0.15) is 19.8 Å². The summed E-state index contributed by atoms with van der Waals surface area (Å²) < 4.78 is 5.07. The summed E-state index contributed by atoms with van der Waals surface area (Å²) in [6.45, 7) is 3.02. The van der Waals surface area contributed by atoms with E-state index in [1.807, 2.05) is 6.92 Å². The van der Waals surface area contributed by atoms with Crippen molar-refractivity contribution < 1.29 is 9.53 Å². The monoisotopic (exact) mass is 207 g/mol. The highest BCUT2D eigenvalue weighted by Crippen LogP contribution is 2.31. The quantitative estimate of drug-likeness (QED) is 0.643. The van der Waals surface area contributed by atoms with Gasteiger partial charge in [0, 0.05) is 12.6 Å². The standard InChI is InChI=1S/C12H17NO2/c1-3-15-12(14)10-8-13(2)11-7-5-4-6-9(10)11/h4,6,11H,3,5,7-8H2,1-2H3. The smallest absolute Gasteiger partial charge is 0.335 e. The van der Waals surface area contributed by atoms with Gasteiger partial charge in [0.2, 0.25) is 0 Å². The van der Waals surface area contributed by atoms with Gasteiger partial charge in [0.25, 0.3) is 0 Å². The number of ether oxygens (including phenoxy) is 1. The van der Waals surface area contributed by atoms with E-state index in [2.05, 4.69) is 24.1 Å². The Morgan fingerprint density at radius 1 is 1.67 bits per heavy atom. The normalized spacial score (nSPS) is 25.6. The predicted molar refractivity (Wildman–Crippen MR) is 58.5 cm³/mol. The fourth-order valence-electron chi connectivity index (χ4n) is 2.34. The van der Waals surface area contributed by atoms with Crippen LogP contribution in [0.15, 0.2) is 23.3 Å². The molecule has 3 heteroatoms. The van der Waals surface area contributed by atoms with Crippen LogP contribution in [-0.4, -0.2) is 37.1 Å². The van der Waals surface area contributed by atoms with Crippen LogP contribution < -0.4 is 0 Å². The number of esters is 1. The van der Waals surface area contributed by atoms with Crippen molar-refractivity contribution in [2.45, 2.75) is 25.8 Å². The van der Waals surface area contributed by atoms with Crippen LogP contribution in [0.3, 0.4) is 0 Å². The zero-order valence-corrected chi connectivity index (χ0v) is 9.32. The van der Waals surface area contributed by atoms with Crippen molar-refractivity contribution in [3.63, 3.8) is 0 Å². The lowest BCUT2D eigenvalue weighted by molar-refractivity contribution is -0.138. The van der Waals surface area contributed by atoms with Crippen LogP contribution in [0.5, 0.6) is 0 Å². The highest BCUT2D eigenvalue weighted by molar-refractivity contribution is 5.91. The second-order valence-electron chi connectivity index (χ2n) is 4.06. The minimum absolute atomic E-state index is 0.145. The van der Waals surface area contributed by atoms with Gasteiger partial charge in [-0.15, -0.1) is 0 Å². The third-order valence-corrected chi connectivity index (χ3v) is 3.07. The SMILES string of the molecule is CCOC(=O)C1=C2C=CCCC2N(C)C1. The molecule has 2 aliphatic rings. The maximum atomic E-state index is 11.7. The fourth-order valence-corrected chi connectivity index (χ4v) is 2.34. The Hall–Kier alpha value is -1.09. The van der Waals surface area contributed by atoms with Gasteiger partial charge in [-0.1, -0.05) is 12.2 Å². The second kappa shape index (κ2) is 4.19. The molecular weight excluding hydrogens is 190 g/mol. The minimum Gasteiger partial charge on any atom is -0.463 e. The van der Waals surface area contributed by atoms with Gasteiger partial charge in [-0.05, 0) is 32.4 Å². The van der Waals surface area contributed by atoms with Crippen LogP contribution >= 0.6 is 0 Å². The number of allylic oxidation sites excluding steroid dienone is 1. The van der Waals surface area contributed by atoms with Crippen LogP contribution in [0.4, 0.5) is 0 Å². The summed E-state index contributed by atoms with van der Waals surface area (Å²) >= 11 is 0. The van der Waals surface area contributed by atoms with Crippen molar-refractivity contribution in [1.29, 1.82) is 0 Å². The third kappa shape index (κ3) is 1.84. The molecule has 0 aromatic heterocycles. The molecule has 0 aromatic rings. The lowest BCUT2D eigenvalue weighted by Crippen LogP contribution is -2.28. The minimum atomic E-state index is -0.145. The van der Waals surface area contributed by atoms with Crippen molar-refractivity contribution in [2.24, 2.45) is 0 Å². The number of hydrogen-bond donors (Lipinski definition) is 0. The van der Waals surface area contributed by atoms with Gasteiger partial charge in [-0.3, -0.25) is 4.90 Å². The molecule has 0 bridgehead atoms. The molecule has 0 saturated heterocycles. The lowest BCUT2D eigenvalue weighted by Gasteiger charge is -2.23. The summed E-state index contributed by atoms with van der Waals surface area (Å²) in [5.41, 5.74) is 2.02. The molecule has 1 atom stereocenters. The van der Waals surface area contributed by atoms with Crippen molar-refractivity contribution in [2.75, 3.05) is 20.2 Å². The van der Waals surface area contributed by atoms with Gasteiger partial charge in [-0.2, -0.15) is 0 Å². The van der Waals surface area contributed by atoms with Crippen LogP contribution in [0.25, 0.3) is 0 Å². The molecule has 0 radical (unpaired) electrons. The summed E-state index contributed by atoms with van der Waals surface area (Å²) in [5.74, 6) is -0.145. The van der Waals surface area contributed by atoms with Gasteiger partial charge in [0.1, 0.15) is 0 Å². The van der Waals surface area contributed by atoms with Crippen LogP contribution in [0, 0.1) is 0 Å². The van der Waals surface area contributed by atoms with E-state index in [9.17, 15) is 4.79 Å². The van der Waals surface area contributed by atoms with E-state index >= 15 is 0 Å². The molecular formula is C12H17NO2. The maximum absolute atomic E-state index is 11.7. The zero-order chi connectivity index (χ0) is 10.8. The van der Waals surface area contributed by atoms with E-state index in [1.54, 1.807) is 0 Å². The summed E-state index contributed by atoms with van der Waals surface area (Å²) in [7, 11) is 2.07. The third-order valence-electron chi connectivity index (χ3n) is 3.07. The summed E-state index contributed by atoms with van der Waals surface area (Å²) in [6.07, 6.45) is 6.45. The molecule has 0 spiro atoms. The maximum Gasteiger partial charge on any atom is 0.335 e. The highest BCUT2D eigenvalue weighted by Gasteiger charge is 2.33. The molecule has 1 unspecified atom stereocenters. The molecule has 1 aliphatic heterocycles. The van der Waals surface area contributed by atoms with Crippen molar-refractivity contribution >= 4 is 5.97 Å². The van der Waals surface area contributed by atoms with E-state index in [0.29, 0.717) is 12.6 Å². The average molecular weight is 207 g/mol. The Labute approximate surface area is 90.4 Å². The predicted octanol–water partition coefficient (Wildman–Crippen LogP) is 1.51. The average Bonchev–Trinajstić information content (AvgIpc) is 2.58. The van der Waals surface area contributed by atoms with Crippen molar-refractivity contribution in [3.8, 4) is 0 Å². The Bertz CT molecular complexity index is 331. The number of likely N-dealkylation sites (N-methyl/N-ethyl adjacent to an activating group) is 1. The van der Waals surface area contributed by atoms with E-state index in [-0.39, 0.29) is 5.97 Å². The number of nitrogens with zero attached hydrogens (tertiary/aromatic N) is 1. The van der Waals surface area contributed by atoms with Gasteiger partial charge >= 0.3 is 5.97 Å². The van der Waals surface area contributed by atoms with Crippen molar-refractivity contribution in [1.82, 2.24) is 4.90 Å². The molecule has 1 heterocycles. The number of hydrogen-bond acceptors (Lipinski definition) is 3. The summed E-state index contributed by atoms with van der Waals surface area (Å²) in [5, 5.41) is 0. The van der Waals surface area contributed by atoms with E-state index < -0.39 is 0 Å². The molecule has 0 fully saturated rings. The summed E-state index contributed by atoms with van der Waals surface area (Å²) in [4.78, 5) is 13.9. The molecule has 0 saturated carbocycles. The van der Waals surface area contributed by atoms with Gasteiger partial charge in [0.05, 0.1) is 12.2 Å². The fraction of sp³-hybridized carbons (Fsp3) is 0.583.